The summed E-state index contributed by atoms with van der Waals surface area (Å²) in [7, 11) is 0. The second-order valence-corrected chi connectivity index (χ2v) is 4.40. The highest BCUT2D eigenvalue weighted by Gasteiger charge is 2.12. The van der Waals surface area contributed by atoms with Crippen LogP contribution in [0.4, 0.5) is 0 Å². The minimum absolute atomic E-state index is 0.408. The zero-order valence-electron chi connectivity index (χ0n) is 11.3. The lowest BCUT2D eigenvalue weighted by Gasteiger charge is -2.06. The molecule has 0 saturated heterocycles. The topological polar surface area (TPSA) is 97.2 Å². The molecule has 7 nitrogen and oxygen atoms in total. The van der Waals surface area contributed by atoms with Gasteiger partial charge in [-0.15, -0.1) is 5.10 Å². The highest BCUT2D eigenvalue weighted by Crippen LogP contribution is 2.21. The summed E-state index contributed by atoms with van der Waals surface area (Å²) in [5, 5.41) is 12.5. The maximum atomic E-state index is 11.7. The van der Waals surface area contributed by atoms with Crippen LogP contribution < -0.4 is 10.4 Å². The van der Waals surface area contributed by atoms with Crippen molar-refractivity contribution in [3.05, 3.63) is 70.9 Å². The first-order valence-corrected chi connectivity index (χ1v) is 6.39. The van der Waals surface area contributed by atoms with Crippen molar-refractivity contribution in [3.63, 3.8) is 0 Å². The summed E-state index contributed by atoms with van der Waals surface area (Å²) < 4.78 is 6.62. The average molecular weight is 297 g/mol. The molecular formula is C15H11N3O4. The number of aromatic nitrogens is 3. The van der Waals surface area contributed by atoms with Gasteiger partial charge in [0.25, 0.3) is 0 Å². The highest BCUT2D eigenvalue weighted by molar-refractivity contribution is 5.82. The van der Waals surface area contributed by atoms with E-state index in [0.717, 1.165) is 4.68 Å². The largest absolute Gasteiger partial charge is 0.475 e. The van der Waals surface area contributed by atoms with Crippen molar-refractivity contribution in [2.45, 2.75) is 0 Å². The number of hydrogen-bond acceptors (Lipinski definition) is 4. The Morgan fingerprint density at radius 1 is 1.05 bits per heavy atom. The van der Waals surface area contributed by atoms with Crippen molar-refractivity contribution < 1.29 is 14.6 Å². The van der Waals surface area contributed by atoms with Gasteiger partial charge in [-0.25, -0.2) is 9.59 Å². The molecule has 1 heterocycles. The van der Waals surface area contributed by atoms with E-state index < -0.39 is 17.5 Å². The molecule has 0 amide bonds. The van der Waals surface area contributed by atoms with Crippen molar-refractivity contribution in [2.75, 3.05) is 0 Å². The number of H-pyrrole nitrogens is 1. The van der Waals surface area contributed by atoms with Crippen molar-refractivity contribution in [1.82, 2.24) is 14.8 Å². The number of rotatable bonds is 4. The normalized spacial score (nSPS) is 10.4. The summed E-state index contributed by atoms with van der Waals surface area (Å²) in [6.07, 6.45) is 0. The molecule has 0 spiro atoms. The number of carbonyl (C=O) groups is 1. The van der Waals surface area contributed by atoms with Gasteiger partial charge in [0.1, 0.15) is 11.5 Å². The number of nitrogens with one attached hydrogen (secondary N) is 1. The fourth-order valence-electron chi connectivity index (χ4n) is 1.88. The van der Waals surface area contributed by atoms with E-state index in [-0.39, 0.29) is 0 Å². The lowest BCUT2D eigenvalue weighted by atomic mass is 10.3. The number of hydrogen-bond donors (Lipinski definition) is 2. The first-order valence-electron chi connectivity index (χ1n) is 6.39. The van der Waals surface area contributed by atoms with Gasteiger partial charge in [0.15, 0.2) is 0 Å². The predicted octanol–water partition coefficient (Wildman–Crippen LogP) is 2.05. The molecule has 0 aliphatic carbocycles. The first kappa shape index (κ1) is 13.6. The molecule has 0 aliphatic heterocycles. The number of carboxylic acids is 1. The molecule has 3 aromatic rings. The van der Waals surface area contributed by atoms with E-state index in [1.807, 2.05) is 30.3 Å². The Balaban J connectivity index is 1.85. The molecular weight excluding hydrogens is 286 g/mol. The molecule has 1 aromatic heterocycles. The van der Waals surface area contributed by atoms with Crippen molar-refractivity contribution in [2.24, 2.45) is 0 Å². The van der Waals surface area contributed by atoms with Crippen LogP contribution in [-0.4, -0.2) is 25.8 Å². The number of aromatic carboxylic acids is 1. The van der Waals surface area contributed by atoms with E-state index in [0.29, 0.717) is 17.2 Å². The molecule has 22 heavy (non-hydrogen) atoms. The maximum absolute atomic E-state index is 11.7. The molecule has 0 bridgehead atoms. The Hall–Kier alpha value is -3.35. The number of nitrogens with zero attached hydrogens (tertiary/aromatic N) is 2. The quantitative estimate of drug-likeness (QED) is 0.768. The summed E-state index contributed by atoms with van der Waals surface area (Å²) in [6, 6.07) is 15.8. The van der Waals surface area contributed by atoms with E-state index in [4.69, 9.17) is 9.84 Å². The minimum Gasteiger partial charge on any atom is -0.475 e. The fourth-order valence-corrected chi connectivity index (χ4v) is 1.88. The second kappa shape index (κ2) is 5.57. The minimum atomic E-state index is -1.29. The second-order valence-electron chi connectivity index (χ2n) is 4.40. The summed E-state index contributed by atoms with van der Waals surface area (Å²) >= 11 is 0. The van der Waals surface area contributed by atoms with Gasteiger partial charge < -0.3 is 9.84 Å². The molecule has 2 N–H and O–H groups in total. The van der Waals surface area contributed by atoms with Crippen molar-refractivity contribution in [3.8, 4) is 17.2 Å². The first-order chi connectivity index (χ1) is 10.6. The Labute approximate surface area is 124 Å². The molecule has 0 atom stereocenters. The average Bonchev–Trinajstić information content (AvgIpc) is 2.91. The van der Waals surface area contributed by atoms with Crippen LogP contribution in [0.5, 0.6) is 11.5 Å². The summed E-state index contributed by atoms with van der Waals surface area (Å²) in [5.41, 5.74) is -0.178. The maximum Gasteiger partial charge on any atom is 0.373 e. The molecule has 0 radical (unpaired) electrons. The molecule has 0 aliphatic rings. The SMILES string of the molecule is O=C(O)c1nn(-c2ccc(Oc3ccccc3)cc2)c(=O)[nH]1. The number of aromatic amines is 1. The molecule has 2 aromatic carbocycles. The zero-order chi connectivity index (χ0) is 15.5. The summed E-state index contributed by atoms with van der Waals surface area (Å²) in [6.45, 7) is 0. The Kier molecular flexibility index (Phi) is 3.45. The summed E-state index contributed by atoms with van der Waals surface area (Å²) in [5.74, 6) is -0.410. The van der Waals surface area contributed by atoms with Crippen LogP contribution in [0.2, 0.25) is 0 Å². The molecule has 110 valence electrons. The van der Waals surface area contributed by atoms with E-state index in [9.17, 15) is 9.59 Å². The van der Waals surface area contributed by atoms with Crippen LogP contribution in [-0.2, 0) is 0 Å². The Bertz CT molecular complexity index is 850. The molecule has 3 rings (SSSR count). The lowest BCUT2D eigenvalue weighted by Crippen LogP contribution is -2.15. The third kappa shape index (κ3) is 2.73. The summed E-state index contributed by atoms with van der Waals surface area (Å²) in [4.78, 5) is 24.6. The van der Waals surface area contributed by atoms with Gasteiger partial charge >= 0.3 is 11.7 Å². The highest BCUT2D eigenvalue weighted by atomic mass is 16.5. The van der Waals surface area contributed by atoms with Gasteiger partial charge in [-0.05, 0) is 36.4 Å². The van der Waals surface area contributed by atoms with Crippen LogP contribution in [0.25, 0.3) is 5.69 Å². The van der Waals surface area contributed by atoms with Gasteiger partial charge in [0, 0.05) is 0 Å². The molecule has 0 fully saturated rings. The van der Waals surface area contributed by atoms with Crippen LogP contribution in [0.3, 0.4) is 0 Å². The number of ether oxygens (including phenoxy) is 1. The molecule has 0 saturated carbocycles. The van der Waals surface area contributed by atoms with Crippen LogP contribution in [0, 0.1) is 0 Å². The number of para-hydroxylation sites is 1. The third-order valence-electron chi connectivity index (χ3n) is 2.88. The van der Waals surface area contributed by atoms with Crippen molar-refractivity contribution in [1.29, 1.82) is 0 Å². The van der Waals surface area contributed by atoms with Gasteiger partial charge in [-0.2, -0.15) is 4.68 Å². The number of benzene rings is 2. The van der Waals surface area contributed by atoms with Crippen LogP contribution in [0.1, 0.15) is 10.6 Å². The van der Waals surface area contributed by atoms with Crippen molar-refractivity contribution >= 4 is 5.97 Å². The Morgan fingerprint density at radius 2 is 1.68 bits per heavy atom. The predicted molar refractivity (Wildman–Crippen MR) is 77.7 cm³/mol. The van der Waals surface area contributed by atoms with E-state index >= 15 is 0 Å². The van der Waals surface area contributed by atoms with Gasteiger partial charge in [0.05, 0.1) is 5.69 Å². The van der Waals surface area contributed by atoms with Gasteiger partial charge in [-0.1, -0.05) is 18.2 Å². The zero-order valence-corrected chi connectivity index (χ0v) is 11.3. The third-order valence-corrected chi connectivity index (χ3v) is 2.88. The molecule has 0 unspecified atom stereocenters. The number of carboxylic acid groups (broad SMARTS) is 1. The fraction of sp³-hybridized carbons (Fsp3) is 0. The van der Waals surface area contributed by atoms with Gasteiger partial charge in [0.2, 0.25) is 5.82 Å². The van der Waals surface area contributed by atoms with E-state index in [1.54, 1.807) is 24.3 Å². The monoisotopic (exact) mass is 297 g/mol. The standard InChI is InChI=1S/C15H11N3O4/c19-14(20)13-16-15(21)18(17-13)10-6-8-12(9-7-10)22-11-4-2-1-3-5-11/h1-9H,(H,19,20)(H,16,17,21). The van der Waals surface area contributed by atoms with Gasteiger partial charge in [-0.3, -0.25) is 4.98 Å². The smallest absolute Gasteiger partial charge is 0.373 e. The van der Waals surface area contributed by atoms with Crippen LogP contribution >= 0.6 is 0 Å². The van der Waals surface area contributed by atoms with E-state index in [1.165, 1.54) is 0 Å². The molecule has 7 heteroatoms. The lowest BCUT2D eigenvalue weighted by molar-refractivity contribution is 0.0683. The Morgan fingerprint density at radius 3 is 2.27 bits per heavy atom. The van der Waals surface area contributed by atoms with E-state index in [2.05, 4.69) is 10.1 Å². The van der Waals surface area contributed by atoms with Crippen LogP contribution in [0.15, 0.2) is 59.4 Å².